The van der Waals surface area contributed by atoms with Crippen molar-refractivity contribution in [2.75, 3.05) is 0 Å². The molecule has 6 heteroatoms. The lowest BCUT2D eigenvalue weighted by Crippen LogP contribution is -2.06. The monoisotopic (exact) mass is 225 g/mol. The summed E-state index contributed by atoms with van der Waals surface area (Å²) in [4.78, 5) is 4.27. The van der Waals surface area contributed by atoms with Crippen molar-refractivity contribution in [3.63, 3.8) is 0 Å². The first-order valence-corrected chi connectivity index (χ1v) is 4.00. The third-order valence-corrected chi connectivity index (χ3v) is 1.90. The average molecular weight is 226 g/mol. The molecular formula is C8H7ClF3NO. The first-order valence-electron chi connectivity index (χ1n) is 3.62. The molecule has 1 aromatic carbocycles. The van der Waals surface area contributed by atoms with Crippen LogP contribution in [0.5, 0.6) is 0 Å². The van der Waals surface area contributed by atoms with E-state index in [0.29, 0.717) is 5.56 Å². The first-order chi connectivity index (χ1) is 6.45. The largest absolute Gasteiger partial charge is 0.417 e. The summed E-state index contributed by atoms with van der Waals surface area (Å²) in [5, 5.41) is -0.355. The fourth-order valence-electron chi connectivity index (χ4n) is 0.975. The highest BCUT2D eigenvalue weighted by Crippen LogP contribution is 2.34. The van der Waals surface area contributed by atoms with E-state index in [4.69, 9.17) is 17.5 Å². The van der Waals surface area contributed by atoms with Crippen LogP contribution < -0.4 is 5.90 Å². The van der Waals surface area contributed by atoms with Gasteiger partial charge >= 0.3 is 6.18 Å². The van der Waals surface area contributed by atoms with Gasteiger partial charge in [-0.15, -0.1) is 0 Å². The molecule has 0 atom stereocenters. The summed E-state index contributed by atoms with van der Waals surface area (Å²) in [6.07, 6.45) is -4.43. The van der Waals surface area contributed by atoms with E-state index in [1.807, 2.05) is 0 Å². The van der Waals surface area contributed by atoms with Crippen LogP contribution in [0.2, 0.25) is 5.02 Å². The van der Waals surface area contributed by atoms with Gasteiger partial charge in [-0.3, -0.25) is 4.84 Å². The predicted molar refractivity (Wildman–Crippen MR) is 45.4 cm³/mol. The quantitative estimate of drug-likeness (QED) is 0.786. The van der Waals surface area contributed by atoms with Crippen LogP contribution in [0.4, 0.5) is 13.2 Å². The highest BCUT2D eigenvalue weighted by atomic mass is 35.5. The maximum absolute atomic E-state index is 12.2. The number of alkyl halides is 3. The zero-order valence-corrected chi connectivity index (χ0v) is 7.69. The standard InChI is InChI=1S/C8H7ClF3NO/c9-7-3-5(4-14-13)1-2-6(7)8(10,11)12/h1-3H,4,13H2. The molecule has 0 spiro atoms. The van der Waals surface area contributed by atoms with E-state index in [1.165, 1.54) is 12.1 Å². The Bertz CT molecular complexity index is 327. The zero-order chi connectivity index (χ0) is 10.8. The van der Waals surface area contributed by atoms with Gasteiger partial charge in [0.1, 0.15) is 0 Å². The van der Waals surface area contributed by atoms with Gasteiger partial charge in [0.05, 0.1) is 17.2 Å². The van der Waals surface area contributed by atoms with Crippen molar-refractivity contribution in [2.24, 2.45) is 5.90 Å². The van der Waals surface area contributed by atoms with Crippen LogP contribution in [0.1, 0.15) is 11.1 Å². The van der Waals surface area contributed by atoms with Crippen molar-refractivity contribution in [1.29, 1.82) is 0 Å². The van der Waals surface area contributed by atoms with E-state index in [1.54, 1.807) is 0 Å². The number of halogens is 4. The molecule has 1 aromatic rings. The molecule has 0 amide bonds. The highest BCUT2D eigenvalue weighted by molar-refractivity contribution is 6.31. The third kappa shape index (κ3) is 2.60. The molecule has 1 rings (SSSR count). The molecule has 78 valence electrons. The van der Waals surface area contributed by atoms with Crippen molar-refractivity contribution in [2.45, 2.75) is 12.8 Å². The molecule has 0 fully saturated rings. The number of rotatable bonds is 2. The lowest BCUT2D eigenvalue weighted by atomic mass is 10.1. The second-order valence-electron chi connectivity index (χ2n) is 2.62. The smallest absolute Gasteiger partial charge is 0.300 e. The Morgan fingerprint density at radius 2 is 2.00 bits per heavy atom. The van der Waals surface area contributed by atoms with Crippen LogP contribution in [-0.4, -0.2) is 0 Å². The number of hydrogen-bond acceptors (Lipinski definition) is 2. The summed E-state index contributed by atoms with van der Waals surface area (Å²) in [7, 11) is 0. The number of nitrogens with two attached hydrogens (primary N) is 1. The predicted octanol–water partition coefficient (Wildman–Crippen LogP) is 2.75. The molecular weight excluding hydrogens is 219 g/mol. The molecule has 2 N–H and O–H groups in total. The van der Waals surface area contributed by atoms with Crippen molar-refractivity contribution in [3.8, 4) is 0 Å². The molecule has 14 heavy (non-hydrogen) atoms. The first kappa shape index (κ1) is 11.3. The topological polar surface area (TPSA) is 35.2 Å². The molecule has 0 aromatic heterocycles. The van der Waals surface area contributed by atoms with Crippen LogP contribution >= 0.6 is 11.6 Å². The van der Waals surface area contributed by atoms with Gasteiger partial charge in [0, 0.05) is 0 Å². The van der Waals surface area contributed by atoms with Crippen LogP contribution in [0.15, 0.2) is 18.2 Å². The summed E-state index contributed by atoms with van der Waals surface area (Å²) in [6.45, 7) is 0.0257. The second kappa shape index (κ2) is 4.16. The van der Waals surface area contributed by atoms with Crippen LogP contribution in [0.3, 0.4) is 0 Å². The minimum absolute atomic E-state index is 0.0257. The van der Waals surface area contributed by atoms with E-state index in [9.17, 15) is 13.2 Å². The van der Waals surface area contributed by atoms with E-state index in [2.05, 4.69) is 4.84 Å². The maximum atomic E-state index is 12.2. The molecule has 0 aliphatic rings. The molecule has 0 unspecified atom stereocenters. The van der Waals surface area contributed by atoms with Gasteiger partial charge < -0.3 is 0 Å². The zero-order valence-electron chi connectivity index (χ0n) is 6.94. The fraction of sp³-hybridized carbons (Fsp3) is 0.250. The molecule has 0 saturated heterocycles. The average Bonchev–Trinajstić information content (AvgIpc) is 2.02. The van der Waals surface area contributed by atoms with E-state index < -0.39 is 11.7 Å². The van der Waals surface area contributed by atoms with Crippen molar-refractivity contribution >= 4 is 11.6 Å². The van der Waals surface area contributed by atoms with Gasteiger partial charge in [-0.05, 0) is 17.7 Å². The van der Waals surface area contributed by atoms with E-state index in [0.717, 1.165) is 6.07 Å². The Labute approximate surface area is 83.4 Å². The Balaban J connectivity index is 3.02. The molecule has 0 bridgehead atoms. The number of hydrogen-bond donors (Lipinski definition) is 1. The summed E-state index contributed by atoms with van der Waals surface area (Å²) in [6, 6.07) is 3.34. The normalized spacial score (nSPS) is 11.8. The maximum Gasteiger partial charge on any atom is 0.417 e. The van der Waals surface area contributed by atoms with Gasteiger partial charge in [-0.2, -0.15) is 13.2 Å². The van der Waals surface area contributed by atoms with Gasteiger partial charge in [-0.1, -0.05) is 17.7 Å². The summed E-state index contributed by atoms with van der Waals surface area (Å²) in [5.74, 6) is 4.77. The van der Waals surface area contributed by atoms with Crippen LogP contribution in [0.25, 0.3) is 0 Å². The summed E-state index contributed by atoms with van der Waals surface area (Å²) in [5.41, 5.74) is -0.370. The van der Waals surface area contributed by atoms with Gasteiger partial charge in [-0.25, -0.2) is 5.90 Å². The molecule has 0 aliphatic carbocycles. The minimum atomic E-state index is -4.43. The second-order valence-corrected chi connectivity index (χ2v) is 3.03. The summed E-state index contributed by atoms with van der Waals surface area (Å²) >= 11 is 5.43. The lowest BCUT2D eigenvalue weighted by molar-refractivity contribution is -0.137. The molecule has 2 nitrogen and oxygen atoms in total. The Morgan fingerprint density at radius 1 is 1.36 bits per heavy atom. The fourth-order valence-corrected chi connectivity index (χ4v) is 1.28. The van der Waals surface area contributed by atoms with Gasteiger partial charge in [0.25, 0.3) is 0 Å². The highest BCUT2D eigenvalue weighted by Gasteiger charge is 2.32. The van der Waals surface area contributed by atoms with Gasteiger partial charge in [0.15, 0.2) is 0 Å². The Hall–Kier alpha value is -0.780. The lowest BCUT2D eigenvalue weighted by Gasteiger charge is -2.09. The Kier molecular flexibility index (Phi) is 3.36. The van der Waals surface area contributed by atoms with E-state index >= 15 is 0 Å². The summed E-state index contributed by atoms with van der Waals surface area (Å²) < 4.78 is 36.7. The Morgan fingerprint density at radius 3 is 2.43 bits per heavy atom. The van der Waals surface area contributed by atoms with Crippen molar-refractivity contribution in [3.05, 3.63) is 34.3 Å². The third-order valence-electron chi connectivity index (χ3n) is 1.59. The molecule has 0 radical (unpaired) electrons. The molecule has 0 aliphatic heterocycles. The van der Waals surface area contributed by atoms with Crippen LogP contribution in [-0.2, 0) is 17.6 Å². The van der Waals surface area contributed by atoms with Crippen molar-refractivity contribution < 1.29 is 18.0 Å². The van der Waals surface area contributed by atoms with Gasteiger partial charge in [0.2, 0.25) is 0 Å². The number of benzene rings is 1. The molecule has 0 heterocycles. The van der Waals surface area contributed by atoms with Crippen molar-refractivity contribution in [1.82, 2.24) is 0 Å². The van der Waals surface area contributed by atoms with E-state index in [-0.39, 0.29) is 11.6 Å². The minimum Gasteiger partial charge on any atom is -0.300 e. The van der Waals surface area contributed by atoms with Crippen LogP contribution in [0, 0.1) is 0 Å². The molecule has 0 saturated carbocycles. The SMILES string of the molecule is NOCc1ccc(C(F)(F)F)c(Cl)c1.